The molecule has 0 radical (unpaired) electrons. The molecule has 2 aliphatic rings. The first-order valence-corrected chi connectivity index (χ1v) is 15.0. The van der Waals surface area contributed by atoms with E-state index in [1.54, 1.807) is 6.07 Å². The molecule has 0 N–H and O–H groups in total. The minimum atomic E-state index is -0.276. The number of piperidine rings is 1. The van der Waals surface area contributed by atoms with E-state index < -0.39 is 0 Å². The molecule has 1 aromatic heterocycles. The van der Waals surface area contributed by atoms with Gasteiger partial charge in [-0.25, -0.2) is 4.39 Å². The molecule has 0 saturated carbocycles. The normalized spacial score (nSPS) is 20.2. The molecule has 182 valence electrons. The molecule has 2 aromatic carbocycles. The van der Waals surface area contributed by atoms with Gasteiger partial charge in [-0.1, -0.05) is 35.8 Å². The summed E-state index contributed by atoms with van der Waals surface area (Å²) in [5, 5.41) is 5.12. The molecule has 1 unspecified atom stereocenters. The molecule has 3 nitrogen and oxygen atoms in total. The Labute approximate surface area is 211 Å². The van der Waals surface area contributed by atoms with Crippen LogP contribution in [0.25, 0.3) is 11.0 Å². The van der Waals surface area contributed by atoms with Gasteiger partial charge in [-0.2, -0.15) is 0 Å². The highest BCUT2D eigenvalue weighted by Gasteiger charge is 2.23. The second kappa shape index (κ2) is 12.0. The predicted molar refractivity (Wildman–Crippen MR) is 143 cm³/mol. The summed E-state index contributed by atoms with van der Waals surface area (Å²) in [4.78, 5) is 2.68. The monoisotopic (exact) mass is 498 g/mol. The van der Waals surface area contributed by atoms with Crippen LogP contribution in [0.15, 0.2) is 47.0 Å². The maximum atomic E-state index is 13.4. The minimum absolute atomic E-state index is 0.276. The first-order valence-electron chi connectivity index (χ1n) is 12.9. The fourth-order valence-corrected chi connectivity index (χ4v) is 8.14. The number of hydrogen-bond acceptors (Lipinski definition) is 5. The molecule has 3 aromatic rings. The summed E-state index contributed by atoms with van der Waals surface area (Å²) in [6.07, 6.45) is 10.8. The first-order chi connectivity index (χ1) is 16.8. The fraction of sp³-hybridized carbons (Fsp3) is 0.536. The molecule has 0 bridgehead atoms. The van der Waals surface area contributed by atoms with E-state index in [0.29, 0.717) is 11.6 Å². The zero-order valence-electron chi connectivity index (χ0n) is 19.9. The lowest BCUT2D eigenvalue weighted by Gasteiger charge is -2.36. The van der Waals surface area contributed by atoms with Crippen molar-refractivity contribution in [1.82, 2.24) is 10.1 Å². The number of hydrogen-bond donors (Lipinski definition) is 0. The number of likely N-dealkylation sites (tertiary alicyclic amines) is 1. The van der Waals surface area contributed by atoms with Gasteiger partial charge < -0.3 is 4.52 Å². The number of aryl methyl sites for hydroxylation is 2. The second-order valence-electron chi connectivity index (χ2n) is 9.58. The zero-order valence-corrected chi connectivity index (χ0v) is 21.5. The highest BCUT2D eigenvalue weighted by molar-refractivity contribution is 8.17. The molecule has 1 atom stereocenters. The number of benzene rings is 2. The summed E-state index contributed by atoms with van der Waals surface area (Å²) >= 11 is 4.30. The van der Waals surface area contributed by atoms with E-state index in [1.165, 1.54) is 79.8 Å². The summed E-state index contributed by atoms with van der Waals surface area (Å²) in [6, 6.07) is 14.8. The molecule has 2 saturated heterocycles. The Bertz CT molecular complexity index is 1050. The van der Waals surface area contributed by atoms with Crippen LogP contribution in [-0.2, 0) is 12.8 Å². The number of aromatic nitrogens is 1. The number of halogens is 1. The Hall–Kier alpha value is -1.50. The number of thioether (sulfide) groups is 2. The zero-order chi connectivity index (χ0) is 23.2. The van der Waals surface area contributed by atoms with Crippen LogP contribution in [0, 0.1) is 5.82 Å². The van der Waals surface area contributed by atoms with E-state index in [9.17, 15) is 4.39 Å². The van der Waals surface area contributed by atoms with Crippen LogP contribution in [0.4, 0.5) is 4.39 Å². The summed E-state index contributed by atoms with van der Waals surface area (Å²) in [6.45, 7) is 2.31. The minimum Gasteiger partial charge on any atom is -0.356 e. The topological polar surface area (TPSA) is 29.3 Å². The van der Waals surface area contributed by atoms with Gasteiger partial charge in [0.05, 0.1) is 10.3 Å². The smallest absolute Gasteiger partial charge is 0.170 e. The lowest BCUT2D eigenvalue weighted by atomic mass is 9.93. The second-order valence-corrected chi connectivity index (χ2v) is 12.5. The SMILES string of the molecule is Fc1ccc2c(CCCCN3CCCCC3c3ccc(CCC4SCCCS4)cc3)noc2c1. The van der Waals surface area contributed by atoms with Crippen LogP contribution in [0.5, 0.6) is 0 Å². The van der Waals surface area contributed by atoms with Gasteiger partial charge in [0.2, 0.25) is 0 Å². The molecule has 0 spiro atoms. The maximum absolute atomic E-state index is 13.4. The van der Waals surface area contributed by atoms with Crippen molar-refractivity contribution in [2.75, 3.05) is 24.6 Å². The summed E-state index contributed by atoms with van der Waals surface area (Å²) < 4.78 is 19.5. The summed E-state index contributed by atoms with van der Waals surface area (Å²) in [5.41, 5.74) is 4.46. The third-order valence-electron chi connectivity index (χ3n) is 7.16. The van der Waals surface area contributed by atoms with Crippen molar-refractivity contribution >= 4 is 34.5 Å². The predicted octanol–water partition coefficient (Wildman–Crippen LogP) is 7.65. The molecule has 34 heavy (non-hydrogen) atoms. The van der Waals surface area contributed by atoms with Crippen LogP contribution in [0.2, 0.25) is 0 Å². The third kappa shape index (κ3) is 6.19. The fourth-order valence-electron chi connectivity index (χ4n) is 5.28. The van der Waals surface area contributed by atoms with Crippen molar-refractivity contribution in [3.8, 4) is 0 Å². The molecule has 5 rings (SSSR count). The number of nitrogens with zero attached hydrogens (tertiary/aromatic N) is 2. The Morgan fingerprint density at radius 3 is 2.68 bits per heavy atom. The average Bonchev–Trinajstić information content (AvgIpc) is 3.28. The van der Waals surface area contributed by atoms with E-state index >= 15 is 0 Å². The van der Waals surface area contributed by atoms with E-state index in [4.69, 9.17) is 4.52 Å². The van der Waals surface area contributed by atoms with Gasteiger partial charge in [-0.15, -0.1) is 23.5 Å². The lowest BCUT2D eigenvalue weighted by molar-refractivity contribution is 0.146. The van der Waals surface area contributed by atoms with Gasteiger partial charge in [0.1, 0.15) is 5.82 Å². The van der Waals surface area contributed by atoms with Crippen molar-refractivity contribution in [2.45, 2.75) is 68.4 Å². The average molecular weight is 499 g/mol. The quantitative estimate of drug-likeness (QED) is 0.283. The van der Waals surface area contributed by atoms with Crippen LogP contribution in [0.1, 0.15) is 67.8 Å². The van der Waals surface area contributed by atoms with Gasteiger partial charge in [0.15, 0.2) is 5.58 Å². The van der Waals surface area contributed by atoms with Crippen molar-refractivity contribution < 1.29 is 8.91 Å². The van der Waals surface area contributed by atoms with E-state index in [1.807, 2.05) is 0 Å². The van der Waals surface area contributed by atoms with E-state index in [2.05, 4.69) is 57.8 Å². The molecule has 0 amide bonds. The molecule has 6 heteroatoms. The molecule has 2 fully saturated rings. The van der Waals surface area contributed by atoms with Crippen molar-refractivity contribution in [2.24, 2.45) is 0 Å². The lowest BCUT2D eigenvalue weighted by Crippen LogP contribution is -2.34. The largest absolute Gasteiger partial charge is 0.356 e. The number of rotatable bonds is 9. The van der Waals surface area contributed by atoms with Gasteiger partial charge in [0.25, 0.3) is 0 Å². The Morgan fingerprint density at radius 1 is 0.971 bits per heavy atom. The van der Waals surface area contributed by atoms with Crippen molar-refractivity contribution in [3.05, 3.63) is 65.1 Å². The number of fused-ring (bicyclic) bond motifs is 1. The van der Waals surface area contributed by atoms with Crippen molar-refractivity contribution in [3.63, 3.8) is 0 Å². The highest BCUT2D eigenvalue weighted by atomic mass is 32.2. The first kappa shape index (κ1) is 24.2. The summed E-state index contributed by atoms with van der Waals surface area (Å²) in [7, 11) is 0. The molecule has 0 aliphatic carbocycles. The van der Waals surface area contributed by atoms with Gasteiger partial charge in [-0.05, 0) is 99.2 Å². The van der Waals surface area contributed by atoms with Crippen LogP contribution in [0.3, 0.4) is 0 Å². The van der Waals surface area contributed by atoms with Crippen LogP contribution in [-0.4, -0.2) is 39.2 Å². The molecular formula is C28H35FN2OS2. The van der Waals surface area contributed by atoms with E-state index in [0.717, 1.165) is 41.5 Å². The Morgan fingerprint density at radius 2 is 1.82 bits per heavy atom. The van der Waals surface area contributed by atoms with Crippen LogP contribution >= 0.6 is 23.5 Å². The number of unbranched alkanes of at least 4 members (excludes halogenated alkanes) is 1. The maximum Gasteiger partial charge on any atom is 0.170 e. The standard InChI is InChI=1S/C28H35FN2OS2/c29-23-13-14-24-25(30-32-27(24)20-23)6-1-3-16-31-17-4-2-7-26(31)22-11-8-21(9-12-22)10-15-28-33-18-5-19-34-28/h8-9,11-14,20,26,28H,1-7,10,15-19H2. The molecule has 3 heterocycles. The Balaban J connectivity index is 1.11. The third-order valence-corrected chi connectivity index (χ3v) is 10.2. The Kier molecular flexibility index (Phi) is 8.51. The van der Waals surface area contributed by atoms with Crippen molar-refractivity contribution in [1.29, 1.82) is 0 Å². The van der Waals surface area contributed by atoms with Gasteiger partial charge in [-0.3, -0.25) is 4.90 Å². The van der Waals surface area contributed by atoms with Gasteiger partial charge >= 0.3 is 0 Å². The van der Waals surface area contributed by atoms with E-state index in [-0.39, 0.29) is 5.82 Å². The molecule has 2 aliphatic heterocycles. The van der Waals surface area contributed by atoms with Gasteiger partial charge in [0, 0.05) is 17.5 Å². The van der Waals surface area contributed by atoms with Crippen LogP contribution < -0.4 is 0 Å². The summed E-state index contributed by atoms with van der Waals surface area (Å²) in [5.74, 6) is 2.40. The highest BCUT2D eigenvalue weighted by Crippen LogP contribution is 2.34. The molecular weight excluding hydrogens is 463 g/mol.